The second-order valence-corrected chi connectivity index (χ2v) is 11.7. The van der Waals surface area contributed by atoms with E-state index in [4.69, 9.17) is 16.3 Å². The maximum absolute atomic E-state index is 14.0. The molecule has 0 heterocycles. The summed E-state index contributed by atoms with van der Waals surface area (Å²) in [6.45, 7) is 5.39. The van der Waals surface area contributed by atoms with Crippen molar-refractivity contribution < 1.29 is 22.7 Å². The molecule has 1 N–H and O–H groups in total. The standard InChI is InChI=1S/C30H36ClN3O5S/c1-5-6-18-32-30(36)23(3)33(20-24-12-10-13-25(19-24)39-4)29(35)21-34(28-17-11-16-27(31)22(28)2)40(37,38)26-14-8-7-9-15-26/h7-17,19,23H,5-6,18,20-21H2,1-4H3,(H,32,36). The highest BCUT2D eigenvalue weighted by molar-refractivity contribution is 7.92. The molecule has 1 unspecified atom stereocenters. The number of unbranched alkanes of at least 4 members (excludes halogenated alkanes) is 1. The number of amides is 2. The lowest BCUT2D eigenvalue weighted by molar-refractivity contribution is -0.139. The van der Waals surface area contributed by atoms with Gasteiger partial charge in [-0.05, 0) is 67.8 Å². The van der Waals surface area contributed by atoms with Crippen molar-refractivity contribution >= 4 is 39.1 Å². The van der Waals surface area contributed by atoms with E-state index in [2.05, 4.69) is 5.32 Å². The van der Waals surface area contributed by atoms with Crippen molar-refractivity contribution in [1.29, 1.82) is 0 Å². The third-order valence-corrected chi connectivity index (χ3v) is 8.79. The van der Waals surface area contributed by atoms with Crippen molar-refractivity contribution in [3.05, 3.63) is 88.9 Å². The lowest BCUT2D eigenvalue weighted by Gasteiger charge is -2.32. The van der Waals surface area contributed by atoms with E-state index in [0.717, 1.165) is 22.7 Å². The van der Waals surface area contributed by atoms with E-state index in [1.54, 1.807) is 75.6 Å². The third kappa shape index (κ3) is 7.55. The Morgan fingerprint density at radius 1 is 1.02 bits per heavy atom. The number of hydrogen-bond acceptors (Lipinski definition) is 5. The Morgan fingerprint density at radius 3 is 2.40 bits per heavy atom. The average molecular weight is 586 g/mol. The first-order valence-electron chi connectivity index (χ1n) is 13.1. The molecule has 3 aromatic rings. The summed E-state index contributed by atoms with van der Waals surface area (Å²) in [6, 6.07) is 19.1. The van der Waals surface area contributed by atoms with Gasteiger partial charge in [-0.2, -0.15) is 0 Å². The number of nitrogens with one attached hydrogen (secondary N) is 1. The van der Waals surface area contributed by atoms with E-state index >= 15 is 0 Å². The fourth-order valence-electron chi connectivity index (χ4n) is 4.19. The van der Waals surface area contributed by atoms with Gasteiger partial charge >= 0.3 is 0 Å². The van der Waals surface area contributed by atoms with Crippen LogP contribution in [0.25, 0.3) is 0 Å². The minimum Gasteiger partial charge on any atom is -0.497 e. The zero-order valence-corrected chi connectivity index (χ0v) is 24.8. The molecular formula is C30H36ClN3O5S. The zero-order chi connectivity index (χ0) is 29.3. The number of methoxy groups -OCH3 is 1. The molecule has 0 saturated heterocycles. The highest BCUT2D eigenvalue weighted by atomic mass is 35.5. The monoisotopic (exact) mass is 585 g/mol. The number of anilines is 1. The van der Waals surface area contributed by atoms with Crippen LogP contribution in [0.3, 0.4) is 0 Å². The predicted molar refractivity (Wildman–Crippen MR) is 158 cm³/mol. The molecule has 0 radical (unpaired) electrons. The van der Waals surface area contributed by atoms with Crippen molar-refractivity contribution in [3.63, 3.8) is 0 Å². The van der Waals surface area contributed by atoms with Gasteiger partial charge in [0.1, 0.15) is 18.3 Å². The van der Waals surface area contributed by atoms with Crippen LogP contribution in [0, 0.1) is 6.92 Å². The summed E-state index contributed by atoms with van der Waals surface area (Å²) >= 11 is 6.36. The lowest BCUT2D eigenvalue weighted by Crippen LogP contribution is -2.51. The molecule has 0 aliphatic heterocycles. The summed E-state index contributed by atoms with van der Waals surface area (Å²) in [5.41, 5.74) is 1.53. The fourth-order valence-corrected chi connectivity index (χ4v) is 5.85. The summed E-state index contributed by atoms with van der Waals surface area (Å²) in [5, 5.41) is 3.25. The van der Waals surface area contributed by atoms with Gasteiger partial charge in [0.15, 0.2) is 0 Å². The molecule has 0 bridgehead atoms. The average Bonchev–Trinajstić information content (AvgIpc) is 2.96. The Labute approximate surface area is 241 Å². The summed E-state index contributed by atoms with van der Waals surface area (Å²) in [6.07, 6.45) is 1.71. The molecule has 0 fully saturated rings. The molecule has 3 aromatic carbocycles. The Kier molecular flexibility index (Phi) is 11.0. The number of benzene rings is 3. The second kappa shape index (κ2) is 14.2. The van der Waals surface area contributed by atoms with E-state index in [-0.39, 0.29) is 23.0 Å². The van der Waals surface area contributed by atoms with Gasteiger partial charge in [-0.15, -0.1) is 0 Å². The molecule has 0 saturated carbocycles. The minimum atomic E-state index is -4.16. The van der Waals surface area contributed by atoms with Gasteiger partial charge in [-0.3, -0.25) is 13.9 Å². The number of hydrogen-bond donors (Lipinski definition) is 1. The van der Waals surface area contributed by atoms with Crippen molar-refractivity contribution in [2.45, 2.75) is 51.1 Å². The van der Waals surface area contributed by atoms with E-state index in [1.807, 2.05) is 13.0 Å². The van der Waals surface area contributed by atoms with Crippen molar-refractivity contribution in [2.75, 3.05) is 24.5 Å². The summed E-state index contributed by atoms with van der Waals surface area (Å²) in [7, 11) is -2.62. The number of carbonyl (C=O) groups is 2. The third-order valence-electron chi connectivity index (χ3n) is 6.60. The van der Waals surface area contributed by atoms with Crippen LogP contribution in [0.2, 0.25) is 5.02 Å². The number of sulfonamides is 1. The minimum absolute atomic E-state index is 0.0341. The second-order valence-electron chi connectivity index (χ2n) is 9.40. The molecule has 214 valence electrons. The largest absolute Gasteiger partial charge is 0.497 e. The van der Waals surface area contributed by atoms with Crippen LogP contribution in [0.15, 0.2) is 77.7 Å². The number of nitrogens with zero attached hydrogens (tertiary/aromatic N) is 2. The van der Waals surface area contributed by atoms with Crippen molar-refractivity contribution in [2.24, 2.45) is 0 Å². The maximum Gasteiger partial charge on any atom is 0.264 e. The van der Waals surface area contributed by atoms with Crippen LogP contribution in [0.4, 0.5) is 5.69 Å². The van der Waals surface area contributed by atoms with Gasteiger partial charge in [0.2, 0.25) is 11.8 Å². The number of carbonyl (C=O) groups excluding carboxylic acids is 2. The van der Waals surface area contributed by atoms with E-state index in [0.29, 0.717) is 22.9 Å². The Morgan fingerprint density at radius 2 is 1.73 bits per heavy atom. The highest BCUT2D eigenvalue weighted by Gasteiger charge is 2.33. The van der Waals surface area contributed by atoms with Gasteiger partial charge in [0.05, 0.1) is 17.7 Å². The van der Waals surface area contributed by atoms with Gasteiger partial charge in [-0.25, -0.2) is 8.42 Å². The molecule has 10 heteroatoms. The van der Waals surface area contributed by atoms with E-state index in [9.17, 15) is 18.0 Å². The summed E-state index contributed by atoms with van der Waals surface area (Å²) < 4.78 is 34.2. The molecule has 8 nitrogen and oxygen atoms in total. The predicted octanol–water partition coefficient (Wildman–Crippen LogP) is 5.19. The van der Waals surface area contributed by atoms with Gasteiger partial charge in [-0.1, -0.05) is 61.3 Å². The van der Waals surface area contributed by atoms with Crippen molar-refractivity contribution in [1.82, 2.24) is 10.2 Å². The van der Waals surface area contributed by atoms with Crippen LogP contribution in [-0.4, -0.2) is 51.4 Å². The van der Waals surface area contributed by atoms with E-state index in [1.165, 1.54) is 17.0 Å². The molecular weight excluding hydrogens is 550 g/mol. The molecule has 0 spiro atoms. The Bertz CT molecular complexity index is 1420. The SMILES string of the molecule is CCCCNC(=O)C(C)N(Cc1cccc(OC)c1)C(=O)CN(c1cccc(Cl)c1C)S(=O)(=O)c1ccccc1. The maximum atomic E-state index is 14.0. The van der Waals surface area contributed by atoms with Gasteiger partial charge in [0.25, 0.3) is 10.0 Å². The van der Waals surface area contributed by atoms with Crippen LogP contribution in [-0.2, 0) is 26.2 Å². The normalized spacial score (nSPS) is 11.9. The number of rotatable bonds is 13. The molecule has 0 aliphatic rings. The molecule has 3 rings (SSSR count). The van der Waals surface area contributed by atoms with Gasteiger partial charge in [0, 0.05) is 18.1 Å². The molecule has 2 amide bonds. The molecule has 40 heavy (non-hydrogen) atoms. The van der Waals surface area contributed by atoms with Crippen LogP contribution in [0.5, 0.6) is 5.75 Å². The zero-order valence-electron chi connectivity index (χ0n) is 23.3. The summed E-state index contributed by atoms with van der Waals surface area (Å²) in [5.74, 6) is -0.256. The van der Waals surface area contributed by atoms with Crippen LogP contribution < -0.4 is 14.4 Å². The number of ether oxygens (including phenoxy) is 1. The highest BCUT2D eigenvalue weighted by Crippen LogP contribution is 2.31. The Balaban J connectivity index is 2.04. The first-order valence-corrected chi connectivity index (χ1v) is 14.9. The first kappa shape index (κ1) is 31.0. The smallest absolute Gasteiger partial charge is 0.264 e. The first-order chi connectivity index (χ1) is 19.1. The molecule has 0 aliphatic carbocycles. The van der Waals surface area contributed by atoms with Gasteiger partial charge < -0.3 is 15.0 Å². The quantitative estimate of drug-likeness (QED) is 0.279. The topological polar surface area (TPSA) is 96.0 Å². The molecule has 1 atom stereocenters. The lowest BCUT2D eigenvalue weighted by atomic mass is 10.1. The van der Waals surface area contributed by atoms with Crippen LogP contribution in [0.1, 0.15) is 37.8 Å². The Hall–Kier alpha value is -3.56. The number of halogens is 1. The fraction of sp³-hybridized carbons (Fsp3) is 0.333. The van der Waals surface area contributed by atoms with Crippen molar-refractivity contribution in [3.8, 4) is 5.75 Å². The molecule has 0 aromatic heterocycles. The summed E-state index contributed by atoms with van der Waals surface area (Å²) in [4.78, 5) is 28.5. The van der Waals surface area contributed by atoms with E-state index < -0.39 is 28.5 Å². The van der Waals surface area contributed by atoms with Crippen LogP contribution >= 0.6 is 11.6 Å².